The van der Waals surface area contributed by atoms with Gasteiger partial charge >= 0.3 is 6.03 Å². The summed E-state index contributed by atoms with van der Waals surface area (Å²) < 4.78 is 6.22. The average molecular weight is 515 g/mol. The molecular formula is C31H26N6O2. The highest BCUT2D eigenvalue weighted by atomic mass is 16.5. The van der Waals surface area contributed by atoms with Crippen molar-refractivity contribution in [2.75, 3.05) is 17.2 Å². The number of aromatic amines is 1. The monoisotopic (exact) mass is 514 g/mol. The molecule has 192 valence electrons. The van der Waals surface area contributed by atoms with E-state index in [1.54, 1.807) is 0 Å². The lowest BCUT2D eigenvalue weighted by molar-refractivity contribution is 0.262. The summed E-state index contributed by atoms with van der Waals surface area (Å²) in [6.45, 7) is 2.40. The first-order chi connectivity index (χ1) is 19.2. The van der Waals surface area contributed by atoms with Crippen molar-refractivity contribution in [2.45, 2.75) is 12.8 Å². The van der Waals surface area contributed by atoms with Crippen molar-refractivity contribution in [1.82, 2.24) is 20.6 Å². The number of urea groups is 1. The summed E-state index contributed by atoms with van der Waals surface area (Å²) in [6.07, 6.45) is 4.16. The third kappa shape index (κ3) is 5.13. The Bertz CT molecular complexity index is 1630. The number of hydrogen-bond donors (Lipinski definition) is 3. The Labute approximate surface area is 225 Å². The number of ether oxygens (including phenoxy) is 1. The molecule has 5 aromatic rings. The summed E-state index contributed by atoms with van der Waals surface area (Å²) >= 11 is 0. The minimum atomic E-state index is -0.360. The van der Waals surface area contributed by atoms with Crippen molar-refractivity contribution in [2.24, 2.45) is 0 Å². The molecule has 1 aromatic heterocycles. The fourth-order valence-corrected chi connectivity index (χ4v) is 4.80. The minimum Gasteiger partial charge on any atom is -0.487 e. The molecule has 0 aliphatic carbocycles. The SMILES string of the molecule is Cc1ccc(NC(=O)Nc2cc(-c3ccccc3-c3nn[nH]n3)cc3c2OCC=CC3c2ccccc2)cc1. The van der Waals surface area contributed by atoms with Gasteiger partial charge in [0.25, 0.3) is 0 Å². The van der Waals surface area contributed by atoms with Crippen molar-refractivity contribution in [3.05, 3.63) is 120 Å². The molecule has 1 atom stereocenters. The fourth-order valence-electron chi connectivity index (χ4n) is 4.80. The van der Waals surface area contributed by atoms with Gasteiger partial charge in [-0.2, -0.15) is 5.21 Å². The molecule has 6 rings (SSSR count). The molecule has 1 unspecified atom stereocenters. The summed E-state index contributed by atoms with van der Waals surface area (Å²) in [5, 5.41) is 20.6. The van der Waals surface area contributed by atoms with Gasteiger partial charge in [-0.15, -0.1) is 10.2 Å². The first kappa shape index (κ1) is 24.1. The minimum absolute atomic E-state index is 0.0679. The Morgan fingerprint density at radius 1 is 0.923 bits per heavy atom. The van der Waals surface area contributed by atoms with Crippen LogP contribution in [0.3, 0.4) is 0 Å². The predicted molar refractivity (Wildman–Crippen MR) is 152 cm³/mol. The third-order valence-corrected chi connectivity index (χ3v) is 6.65. The number of fused-ring (bicyclic) bond motifs is 1. The number of allylic oxidation sites excluding steroid dienone is 1. The lowest BCUT2D eigenvalue weighted by Gasteiger charge is -2.21. The molecule has 0 saturated heterocycles. The van der Waals surface area contributed by atoms with Crippen molar-refractivity contribution < 1.29 is 9.53 Å². The molecule has 4 aromatic carbocycles. The Morgan fingerprint density at radius 2 is 1.69 bits per heavy atom. The van der Waals surface area contributed by atoms with E-state index in [9.17, 15) is 4.79 Å². The number of benzene rings is 4. The van der Waals surface area contributed by atoms with Crippen LogP contribution >= 0.6 is 0 Å². The van der Waals surface area contributed by atoms with Crippen LogP contribution in [0.4, 0.5) is 16.2 Å². The molecule has 3 N–H and O–H groups in total. The molecular weight excluding hydrogens is 488 g/mol. The number of carbonyl (C=O) groups excluding carboxylic acids is 1. The van der Waals surface area contributed by atoms with E-state index >= 15 is 0 Å². The number of anilines is 2. The van der Waals surface area contributed by atoms with E-state index < -0.39 is 0 Å². The lowest BCUT2D eigenvalue weighted by atomic mass is 9.87. The molecule has 0 spiro atoms. The van der Waals surface area contributed by atoms with Gasteiger partial charge in [0.2, 0.25) is 5.82 Å². The second kappa shape index (κ2) is 10.6. The molecule has 1 aliphatic rings. The zero-order chi connectivity index (χ0) is 26.6. The number of tetrazole rings is 1. The summed E-state index contributed by atoms with van der Waals surface area (Å²) in [5.41, 5.74) is 7.07. The molecule has 8 heteroatoms. The van der Waals surface area contributed by atoms with Crippen LogP contribution in [-0.2, 0) is 0 Å². The van der Waals surface area contributed by atoms with E-state index in [2.05, 4.69) is 55.5 Å². The molecule has 0 bridgehead atoms. The largest absolute Gasteiger partial charge is 0.487 e. The maximum absolute atomic E-state index is 13.2. The van der Waals surface area contributed by atoms with E-state index in [0.717, 1.165) is 33.4 Å². The number of rotatable bonds is 5. The van der Waals surface area contributed by atoms with Crippen LogP contribution in [0.25, 0.3) is 22.5 Å². The van der Waals surface area contributed by atoms with Crippen molar-refractivity contribution in [1.29, 1.82) is 0 Å². The van der Waals surface area contributed by atoms with Crippen LogP contribution in [0.5, 0.6) is 5.75 Å². The van der Waals surface area contributed by atoms with Gasteiger partial charge in [-0.25, -0.2) is 4.79 Å². The van der Waals surface area contributed by atoms with E-state index in [0.29, 0.717) is 29.6 Å². The number of hydrogen-bond acceptors (Lipinski definition) is 5. The number of nitrogens with one attached hydrogen (secondary N) is 3. The van der Waals surface area contributed by atoms with Crippen LogP contribution in [0.15, 0.2) is 103 Å². The first-order valence-corrected chi connectivity index (χ1v) is 12.7. The zero-order valence-electron chi connectivity index (χ0n) is 21.3. The smallest absolute Gasteiger partial charge is 0.323 e. The second-order valence-corrected chi connectivity index (χ2v) is 9.30. The Morgan fingerprint density at radius 3 is 2.46 bits per heavy atom. The number of amides is 2. The van der Waals surface area contributed by atoms with E-state index in [1.165, 1.54) is 0 Å². The van der Waals surface area contributed by atoms with Crippen molar-refractivity contribution >= 4 is 17.4 Å². The molecule has 0 radical (unpaired) electrons. The highest BCUT2D eigenvalue weighted by Gasteiger charge is 2.24. The van der Waals surface area contributed by atoms with Gasteiger partial charge in [0.1, 0.15) is 12.4 Å². The summed E-state index contributed by atoms with van der Waals surface area (Å²) in [5.74, 6) is 1.05. The quantitative estimate of drug-likeness (QED) is 0.230. The average Bonchev–Trinajstić information content (AvgIpc) is 3.42. The molecule has 0 fully saturated rings. The molecule has 2 amide bonds. The van der Waals surface area contributed by atoms with Gasteiger partial charge in [0.15, 0.2) is 0 Å². The molecule has 39 heavy (non-hydrogen) atoms. The van der Waals surface area contributed by atoms with Crippen LogP contribution in [0.2, 0.25) is 0 Å². The molecule has 2 heterocycles. The van der Waals surface area contributed by atoms with Crippen LogP contribution in [0.1, 0.15) is 22.6 Å². The highest BCUT2D eigenvalue weighted by Crippen LogP contribution is 2.44. The summed E-state index contributed by atoms with van der Waals surface area (Å²) in [7, 11) is 0. The van der Waals surface area contributed by atoms with Gasteiger partial charge in [0, 0.05) is 22.7 Å². The van der Waals surface area contributed by atoms with E-state index in [-0.39, 0.29) is 11.9 Å². The first-order valence-electron chi connectivity index (χ1n) is 12.7. The number of nitrogens with zero attached hydrogens (tertiary/aromatic N) is 3. The predicted octanol–water partition coefficient (Wildman–Crippen LogP) is 6.57. The standard InChI is InChI=1S/C31H26N6O2/c1-20-13-15-23(16-14-20)32-31(38)33-28-19-22(25-10-5-6-11-26(25)30-34-36-37-35-30)18-27-24(12-7-17-39-29(27)28)21-8-3-2-4-9-21/h2-16,18-19,24H,17H2,1H3,(H2,32,33,38)(H,34,35,36,37). The Kier molecular flexibility index (Phi) is 6.57. The molecule has 1 aliphatic heterocycles. The van der Waals surface area contributed by atoms with Gasteiger partial charge < -0.3 is 15.4 Å². The molecule has 0 saturated carbocycles. The van der Waals surface area contributed by atoms with Crippen LogP contribution < -0.4 is 15.4 Å². The molecule has 8 nitrogen and oxygen atoms in total. The summed E-state index contributed by atoms with van der Waals surface area (Å²) in [6, 6.07) is 29.5. The number of carbonyl (C=O) groups is 1. The number of aromatic nitrogens is 4. The van der Waals surface area contributed by atoms with E-state index in [4.69, 9.17) is 4.74 Å². The lowest BCUT2D eigenvalue weighted by Crippen LogP contribution is -2.20. The topological polar surface area (TPSA) is 105 Å². The second-order valence-electron chi connectivity index (χ2n) is 9.30. The van der Waals surface area contributed by atoms with Gasteiger partial charge in [-0.3, -0.25) is 0 Å². The van der Waals surface area contributed by atoms with Crippen LogP contribution in [-0.4, -0.2) is 33.3 Å². The van der Waals surface area contributed by atoms with Crippen LogP contribution in [0, 0.1) is 6.92 Å². The Hall–Kier alpha value is -5.24. The van der Waals surface area contributed by atoms with Gasteiger partial charge in [-0.1, -0.05) is 84.4 Å². The normalized spacial score (nSPS) is 14.1. The van der Waals surface area contributed by atoms with Crippen molar-refractivity contribution in [3.63, 3.8) is 0 Å². The van der Waals surface area contributed by atoms with Gasteiger partial charge in [0.05, 0.1) is 5.69 Å². The van der Waals surface area contributed by atoms with E-state index in [1.807, 2.05) is 85.8 Å². The maximum atomic E-state index is 13.2. The van der Waals surface area contributed by atoms with Gasteiger partial charge in [-0.05, 0) is 53.1 Å². The third-order valence-electron chi connectivity index (χ3n) is 6.65. The van der Waals surface area contributed by atoms with Crippen molar-refractivity contribution in [3.8, 4) is 28.3 Å². The number of aryl methyl sites for hydroxylation is 1. The fraction of sp³-hybridized carbons (Fsp3) is 0.0968. The Balaban J connectivity index is 1.47. The maximum Gasteiger partial charge on any atom is 0.323 e. The highest BCUT2D eigenvalue weighted by molar-refractivity contribution is 6.01. The number of H-pyrrole nitrogens is 1. The summed E-state index contributed by atoms with van der Waals surface area (Å²) in [4.78, 5) is 13.2. The zero-order valence-corrected chi connectivity index (χ0v) is 21.3.